The third-order valence-corrected chi connectivity index (χ3v) is 7.48. The Morgan fingerprint density at radius 1 is 0.971 bits per heavy atom. The molecule has 186 valence electrons. The van der Waals surface area contributed by atoms with Crippen LogP contribution in [0.4, 0.5) is 4.79 Å². The van der Waals surface area contributed by atoms with Crippen LogP contribution < -0.4 is 10.6 Å². The van der Waals surface area contributed by atoms with Gasteiger partial charge in [0.25, 0.3) is 0 Å². The van der Waals surface area contributed by atoms with Gasteiger partial charge in [-0.2, -0.15) is 0 Å². The van der Waals surface area contributed by atoms with E-state index in [9.17, 15) is 19.5 Å². The SMILES string of the molecule is CC[C@H](NC(=O)OCC1c2ccccc2-c2ccccc21)C(=O)NCC1(C(=O)O)CCCCCC1. The molecule has 0 unspecified atom stereocenters. The quantitative estimate of drug-likeness (QED) is 0.471. The lowest BCUT2D eigenvalue weighted by Crippen LogP contribution is -2.50. The normalized spacial score (nSPS) is 17.4. The Kier molecular flexibility index (Phi) is 7.73. The molecule has 0 aromatic heterocycles. The van der Waals surface area contributed by atoms with Crippen LogP contribution in [0.3, 0.4) is 0 Å². The summed E-state index contributed by atoms with van der Waals surface area (Å²) in [5, 5.41) is 15.3. The van der Waals surface area contributed by atoms with Gasteiger partial charge in [0.05, 0.1) is 5.41 Å². The maximum Gasteiger partial charge on any atom is 0.407 e. The number of fused-ring (bicyclic) bond motifs is 3. The first-order chi connectivity index (χ1) is 16.9. The molecule has 7 heteroatoms. The molecular weight excluding hydrogens is 444 g/mol. The molecule has 0 heterocycles. The summed E-state index contributed by atoms with van der Waals surface area (Å²) in [6, 6.07) is 15.4. The van der Waals surface area contributed by atoms with Gasteiger partial charge in [-0.05, 0) is 41.5 Å². The standard InChI is InChI=1S/C28H34N2O5/c1-2-24(25(31)29-18-28(26(32)33)15-9-3-4-10-16-28)30-27(34)35-17-23-21-13-7-5-11-19(21)20-12-6-8-14-22(20)23/h5-8,11-14,23-24H,2-4,9-10,15-18H2,1H3,(H,29,31)(H,30,34)(H,32,33)/t24-/m0/s1. The van der Waals surface area contributed by atoms with Crippen molar-refractivity contribution in [3.05, 3.63) is 59.7 Å². The van der Waals surface area contributed by atoms with E-state index in [0.29, 0.717) is 19.3 Å². The van der Waals surface area contributed by atoms with Gasteiger partial charge in [0.15, 0.2) is 0 Å². The molecule has 2 aromatic rings. The zero-order valence-corrected chi connectivity index (χ0v) is 20.2. The topological polar surface area (TPSA) is 105 Å². The van der Waals surface area contributed by atoms with Gasteiger partial charge in [-0.15, -0.1) is 0 Å². The van der Waals surface area contributed by atoms with Crippen LogP contribution in [-0.2, 0) is 14.3 Å². The number of ether oxygens (including phenoxy) is 1. The summed E-state index contributed by atoms with van der Waals surface area (Å²) in [4.78, 5) is 37.4. The highest BCUT2D eigenvalue weighted by atomic mass is 16.5. The van der Waals surface area contributed by atoms with Crippen molar-refractivity contribution < 1.29 is 24.2 Å². The minimum absolute atomic E-state index is 0.0623. The highest BCUT2D eigenvalue weighted by Gasteiger charge is 2.39. The van der Waals surface area contributed by atoms with E-state index < -0.39 is 23.5 Å². The van der Waals surface area contributed by atoms with Crippen molar-refractivity contribution in [2.24, 2.45) is 5.41 Å². The van der Waals surface area contributed by atoms with Crippen LogP contribution in [0.5, 0.6) is 0 Å². The summed E-state index contributed by atoms with van der Waals surface area (Å²) in [5.41, 5.74) is 3.60. The highest BCUT2D eigenvalue weighted by Crippen LogP contribution is 2.44. The smallest absolute Gasteiger partial charge is 0.407 e. The van der Waals surface area contributed by atoms with E-state index in [1.54, 1.807) is 6.92 Å². The fourth-order valence-corrected chi connectivity index (χ4v) is 5.39. The van der Waals surface area contributed by atoms with Crippen molar-refractivity contribution in [3.63, 3.8) is 0 Å². The molecular formula is C28H34N2O5. The van der Waals surface area contributed by atoms with Crippen LogP contribution >= 0.6 is 0 Å². The summed E-state index contributed by atoms with van der Waals surface area (Å²) in [6.45, 7) is 2.04. The summed E-state index contributed by atoms with van der Waals surface area (Å²) < 4.78 is 5.57. The first-order valence-electron chi connectivity index (χ1n) is 12.6. The first kappa shape index (κ1) is 24.8. The Morgan fingerprint density at radius 2 is 1.54 bits per heavy atom. The predicted molar refractivity (Wildman–Crippen MR) is 133 cm³/mol. The Balaban J connectivity index is 1.34. The van der Waals surface area contributed by atoms with Crippen molar-refractivity contribution in [1.29, 1.82) is 0 Å². The number of benzene rings is 2. The molecule has 7 nitrogen and oxygen atoms in total. The Hall–Kier alpha value is -3.35. The lowest BCUT2D eigenvalue weighted by Gasteiger charge is -2.29. The van der Waals surface area contributed by atoms with E-state index in [0.717, 1.165) is 47.9 Å². The summed E-state index contributed by atoms with van der Waals surface area (Å²) in [5.74, 6) is -1.31. The highest BCUT2D eigenvalue weighted by molar-refractivity contribution is 5.86. The average molecular weight is 479 g/mol. The number of carbonyl (C=O) groups excluding carboxylic acids is 2. The molecule has 2 aliphatic rings. The van der Waals surface area contributed by atoms with Gasteiger partial charge in [0.2, 0.25) is 5.91 Å². The largest absolute Gasteiger partial charge is 0.481 e. The third-order valence-electron chi connectivity index (χ3n) is 7.48. The maximum absolute atomic E-state index is 12.8. The zero-order chi connectivity index (χ0) is 24.8. The Bertz CT molecular complexity index is 1030. The lowest BCUT2D eigenvalue weighted by atomic mass is 9.80. The van der Waals surface area contributed by atoms with Crippen LogP contribution in [-0.4, -0.2) is 42.3 Å². The summed E-state index contributed by atoms with van der Waals surface area (Å²) in [6.07, 6.45) is 4.55. The predicted octanol–water partition coefficient (Wildman–Crippen LogP) is 4.85. The second-order valence-electron chi connectivity index (χ2n) is 9.65. The van der Waals surface area contributed by atoms with Crippen molar-refractivity contribution in [2.45, 2.75) is 63.8 Å². The zero-order valence-electron chi connectivity index (χ0n) is 20.2. The third kappa shape index (κ3) is 5.34. The number of carbonyl (C=O) groups is 3. The van der Waals surface area contributed by atoms with E-state index in [1.807, 2.05) is 24.3 Å². The lowest BCUT2D eigenvalue weighted by molar-refractivity contribution is -0.149. The van der Waals surface area contributed by atoms with Crippen molar-refractivity contribution >= 4 is 18.0 Å². The van der Waals surface area contributed by atoms with Crippen LogP contribution in [0, 0.1) is 5.41 Å². The van der Waals surface area contributed by atoms with Crippen LogP contribution in [0.15, 0.2) is 48.5 Å². The molecule has 0 bridgehead atoms. The van der Waals surface area contributed by atoms with E-state index in [1.165, 1.54) is 0 Å². The van der Waals surface area contributed by atoms with Crippen LogP contribution in [0.1, 0.15) is 68.9 Å². The number of aliphatic carboxylic acids is 1. The fraction of sp³-hybridized carbons (Fsp3) is 0.464. The van der Waals surface area contributed by atoms with Crippen molar-refractivity contribution in [2.75, 3.05) is 13.2 Å². The van der Waals surface area contributed by atoms with Gasteiger partial charge in [-0.25, -0.2) is 4.79 Å². The molecule has 1 atom stereocenters. The minimum atomic E-state index is -0.936. The molecule has 0 aliphatic heterocycles. The number of hydrogen-bond acceptors (Lipinski definition) is 4. The minimum Gasteiger partial charge on any atom is -0.481 e. The van der Waals surface area contributed by atoms with Gasteiger partial charge in [-0.3, -0.25) is 9.59 Å². The number of hydrogen-bond donors (Lipinski definition) is 3. The average Bonchev–Trinajstić information content (AvgIpc) is 3.00. The molecule has 35 heavy (non-hydrogen) atoms. The summed E-state index contributed by atoms with van der Waals surface area (Å²) >= 11 is 0. The Labute approximate surface area is 206 Å². The number of carboxylic acids is 1. The molecule has 1 fully saturated rings. The molecule has 2 amide bonds. The second-order valence-corrected chi connectivity index (χ2v) is 9.65. The molecule has 2 aliphatic carbocycles. The van der Waals surface area contributed by atoms with Crippen molar-refractivity contribution in [3.8, 4) is 11.1 Å². The van der Waals surface area contributed by atoms with Crippen LogP contribution in [0.2, 0.25) is 0 Å². The van der Waals surface area contributed by atoms with E-state index in [2.05, 4.69) is 34.9 Å². The van der Waals surface area contributed by atoms with Crippen LogP contribution in [0.25, 0.3) is 11.1 Å². The molecule has 0 radical (unpaired) electrons. The van der Waals surface area contributed by atoms with Gasteiger partial charge in [-0.1, -0.05) is 81.1 Å². The van der Waals surface area contributed by atoms with E-state index in [-0.39, 0.29) is 25.0 Å². The number of amides is 2. The molecule has 3 N–H and O–H groups in total. The monoisotopic (exact) mass is 478 g/mol. The van der Waals surface area contributed by atoms with Gasteiger partial charge < -0.3 is 20.5 Å². The van der Waals surface area contributed by atoms with E-state index in [4.69, 9.17) is 4.74 Å². The first-order valence-corrected chi connectivity index (χ1v) is 12.6. The van der Waals surface area contributed by atoms with Gasteiger partial charge >= 0.3 is 12.1 Å². The van der Waals surface area contributed by atoms with E-state index >= 15 is 0 Å². The van der Waals surface area contributed by atoms with Crippen molar-refractivity contribution in [1.82, 2.24) is 10.6 Å². The number of nitrogens with one attached hydrogen (secondary N) is 2. The van der Waals surface area contributed by atoms with Gasteiger partial charge in [0, 0.05) is 12.5 Å². The molecule has 0 spiro atoms. The number of rotatable bonds is 8. The summed E-state index contributed by atoms with van der Waals surface area (Å²) in [7, 11) is 0. The molecule has 2 aromatic carbocycles. The molecule has 0 saturated heterocycles. The molecule has 4 rings (SSSR count). The van der Waals surface area contributed by atoms with Gasteiger partial charge in [0.1, 0.15) is 12.6 Å². The number of carboxylic acid groups (broad SMARTS) is 1. The fourth-order valence-electron chi connectivity index (χ4n) is 5.39. The second kappa shape index (κ2) is 10.9. The maximum atomic E-state index is 12.8. The number of alkyl carbamates (subject to hydrolysis) is 1. The Morgan fingerprint density at radius 3 is 2.09 bits per heavy atom. The molecule has 1 saturated carbocycles.